The molecule has 3 rings (SSSR count). The summed E-state index contributed by atoms with van der Waals surface area (Å²) >= 11 is 0. The second-order valence-electron chi connectivity index (χ2n) is 6.16. The first-order valence-electron chi connectivity index (χ1n) is 8.38. The van der Waals surface area contributed by atoms with Crippen LogP contribution in [-0.4, -0.2) is 41.7 Å². The van der Waals surface area contributed by atoms with Crippen LogP contribution in [0.3, 0.4) is 0 Å². The predicted molar refractivity (Wildman–Crippen MR) is 102 cm³/mol. The van der Waals surface area contributed by atoms with E-state index in [2.05, 4.69) is 5.10 Å². The largest absolute Gasteiger partial charge is 0.507 e. The first-order chi connectivity index (χ1) is 13.0. The number of nitrogens with zero attached hydrogens (tertiary/aromatic N) is 3. The molecule has 3 aromatic rings. The normalized spacial score (nSPS) is 10.5. The van der Waals surface area contributed by atoms with Gasteiger partial charge in [-0.25, -0.2) is 9.48 Å². The number of para-hydroxylation sites is 1. The van der Waals surface area contributed by atoms with Gasteiger partial charge in [0.1, 0.15) is 11.3 Å². The summed E-state index contributed by atoms with van der Waals surface area (Å²) in [6, 6.07) is 16.0. The van der Waals surface area contributed by atoms with E-state index in [9.17, 15) is 9.90 Å². The van der Waals surface area contributed by atoms with Crippen LogP contribution in [0.15, 0.2) is 54.6 Å². The number of aryl methyl sites for hydroxylation is 1. The molecule has 0 aliphatic heterocycles. The molecule has 140 valence electrons. The average Bonchev–Trinajstić information content (AvgIpc) is 3.03. The third kappa shape index (κ3) is 4.20. The van der Waals surface area contributed by atoms with Crippen LogP contribution in [0.5, 0.6) is 11.6 Å². The standard InChI is InChI=1S/C20H21N3O4/c1-14-11-19(23(21-14)15-7-5-4-6-8-15)26-13-27-20(25)17-12-16(22(2)3)9-10-18(17)24/h4-12,24H,13H2,1-3H3. The number of aromatic hydroxyl groups is 1. The number of phenols is 1. The van der Waals surface area contributed by atoms with E-state index in [1.165, 1.54) is 6.07 Å². The third-order valence-corrected chi connectivity index (χ3v) is 3.91. The number of aromatic nitrogens is 2. The van der Waals surface area contributed by atoms with Crippen molar-refractivity contribution in [1.82, 2.24) is 9.78 Å². The quantitative estimate of drug-likeness (QED) is 0.533. The van der Waals surface area contributed by atoms with Gasteiger partial charge in [-0.15, -0.1) is 0 Å². The zero-order valence-electron chi connectivity index (χ0n) is 15.4. The number of hydrogen-bond acceptors (Lipinski definition) is 6. The van der Waals surface area contributed by atoms with Gasteiger partial charge in [-0.05, 0) is 37.3 Å². The van der Waals surface area contributed by atoms with Crippen molar-refractivity contribution >= 4 is 11.7 Å². The minimum atomic E-state index is -0.668. The van der Waals surface area contributed by atoms with Crippen LogP contribution < -0.4 is 9.64 Å². The maximum atomic E-state index is 12.3. The van der Waals surface area contributed by atoms with E-state index in [4.69, 9.17) is 9.47 Å². The molecule has 2 aromatic carbocycles. The Morgan fingerprint density at radius 3 is 2.59 bits per heavy atom. The maximum absolute atomic E-state index is 12.3. The molecule has 0 bridgehead atoms. The van der Waals surface area contributed by atoms with Crippen molar-refractivity contribution in [3.63, 3.8) is 0 Å². The zero-order chi connectivity index (χ0) is 19.4. The smallest absolute Gasteiger partial charge is 0.344 e. The molecule has 1 heterocycles. The number of rotatable bonds is 6. The number of phenolic OH excluding ortho intramolecular Hbond substituents is 1. The van der Waals surface area contributed by atoms with Crippen LogP contribution in [0.2, 0.25) is 0 Å². The number of ether oxygens (including phenoxy) is 2. The van der Waals surface area contributed by atoms with E-state index in [0.717, 1.165) is 17.1 Å². The number of hydrogen-bond donors (Lipinski definition) is 1. The number of carbonyl (C=O) groups is 1. The van der Waals surface area contributed by atoms with Crippen molar-refractivity contribution in [1.29, 1.82) is 0 Å². The van der Waals surface area contributed by atoms with Crippen LogP contribution in [0.25, 0.3) is 5.69 Å². The Labute approximate surface area is 157 Å². The van der Waals surface area contributed by atoms with E-state index in [1.54, 1.807) is 22.9 Å². The molecule has 0 amide bonds. The Hall–Kier alpha value is -3.48. The van der Waals surface area contributed by atoms with Gasteiger partial charge in [-0.1, -0.05) is 18.2 Å². The molecule has 7 heteroatoms. The predicted octanol–water partition coefficient (Wildman–Crippen LogP) is 3.15. The van der Waals surface area contributed by atoms with Gasteiger partial charge in [0.25, 0.3) is 0 Å². The van der Waals surface area contributed by atoms with Crippen LogP contribution in [0.4, 0.5) is 5.69 Å². The highest BCUT2D eigenvalue weighted by atomic mass is 16.7. The van der Waals surface area contributed by atoms with Crippen LogP contribution in [-0.2, 0) is 4.74 Å². The monoisotopic (exact) mass is 367 g/mol. The number of benzene rings is 2. The first kappa shape index (κ1) is 18.3. The highest BCUT2D eigenvalue weighted by Gasteiger charge is 2.15. The first-order valence-corrected chi connectivity index (χ1v) is 8.38. The summed E-state index contributed by atoms with van der Waals surface area (Å²) in [5, 5.41) is 14.3. The lowest BCUT2D eigenvalue weighted by Gasteiger charge is -2.14. The third-order valence-electron chi connectivity index (χ3n) is 3.91. The number of carbonyl (C=O) groups excluding carboxylic acids is 1. The fourth-order valence-electron chi connectivity index (χ4n) is 2.52. The van der Waals surface area contributed by atoms with E-state index in [-0.39, 0.29) is 18.1 Å². The molecular formula is C20H21N3O4. The number of esters is 1. The van der Waals surface area contributed by atoms with Gasteiger partial charge in [0.15, 0.2) is 0 Å². The fraction of sp³-hybridized carbons (Fsp3) is 0.200. The molecule has 0 saturated carbocycles. The zero-order valence-corrected chi connectivity index (χ0v) is 15.4. The minimum Gasteiger partial charge on any atom is -0.507 e. The minimum absolute atomic E-state index is 0.0811. The van der Waals surface area contributed by atoms with Crippen molar-refractivity contribution in [2.45, 2.75) is 6.92 Å². The van der Waals surface area contributed by atoms with Crippen LogP contribution >= 0.6 is 0 Å². The van der Waals surface area contributed by atoms with Gasteiger partial charge >= 0.3 is 5.97 Å². The van der Waals surface area contributed by atoms with Crippen LogP contribution in [0.1, 0.15) is 16.1 Å². The van der Waals surface area contributed by atoms with Gasteiger partial charge in [0.05, 0.1) is 11.4 Å². The molecule has 0 aliphatic carbocycles. The van der Waals surface area contributed by atoms with E-state index >= 15 is 0 Å². The lowest BCUT2D eigenvalue weighted by molar-refractivity contribution is 0.0131. The fourth-order valence-corrected chi connectivity index (χ4v) is 2.52. The molecule has 0 spiro atoms. The number of anilines is 1. The molecule has 27 heavy (non-hydrogen) atoms. The van der Waals surface area contributed by atoms with E-state index in [0.29, 0.717) is 5.88 Å². The van der Waals surface area contributed by atoms with E-state index < -0.39 is 5.97 Å². The molecule has 0 unspecified atom stereocenters. The molecule has 0 radical (unpaired) electrons. The van der Waals surface area contributed by atoms with Crippen molar-refractivity contribution in [3.05, 3.63) is 65.9 Å². The Morgan fingerprint density at radius 2 is 1.89 bits per heavy atom. The Kier molecular flexibility index (Phi) is 5.30. The molecule has 7 nitrogen and oxygen atoms in total. The summed E-state index contributed by atoms with van der Waals surface area (Å²) < 4.78 is 12.4. The molecule has 1 aromatic heterocycles. The maximum Gasteiger partial charge on any atom is 0.344 e. The Morgan fingerprint density at radius 1 is 1.15 bits per heavy atom. The highest BCUT2D eigenvalue weighted by Crippen LogP contribution is 2.24. The summed E-state index contributed by atoms with van der Waals surface area (Å²) in [5.74, 6) is -0.354. The lowest BCUT2D eigenvalue weighted by atomic mass is 10.1. The SMILES string of the molecule is Cc1cc(OCOC(=O)c2cc(N(C)C)ccc2O)n(-c2ccccc2)n1. The molecule has 1 N–H and O–H groups in total. The van der Waals surface area contributed by atoms with Crippen molar-refractivity contribution < 1.29 is 19.4 Å². The van der Waals surface area contributed by atoms with Crippen molar-refractivity contribution in [2.24, 2.45) is 0 Å². The summed E-state index contributed by atoms with van der Waals surface area (Å²) in [5.41, 5.74) is 2.47. The summed E-state index contributed by atoms with van der Waals surface area (Å²) in [7, 11) is 3.69. The highest BCUT2D eigenvalue weighted by molar-refractivity contribution is 5.93. The van der Waals surface area contributed by atoms with Gasteiger partial charge in [-0.3, -0.25) is 0 Å². The Balaban J connectivity index is 1.69. The molecular weight excluding hydrogens is 346 g/mol. The molecule has 0 saturated heterocycles. The van der Waals surface area contributed by atoms with Crippen LogP contribution in [0, 0.1) is 6.92 Å². The molecule has 0 aliphatic rings. The van der Waals surface area contributed by atoms with Gasteiger partial charge in [0.2, 0.25) is 12.7 Å². The summed E-state index contributed by atoms with van der Waals surface area (Å²) in [6.07, 6.45) is 0. The second kappa shape index (κ2) is 7.82. The molecule has 0 atom stereocenters. The van der Waals surface area contributed by atoms with Gasteiger partial charge in [0, 0.05) is 25.8 Å². The van der Waals surface area contributed by atoms with Crippen molar-refractivity contribution in [2.75, 3.05) is 25.8 Å². The topological polar surface area (TPSA) is 76.8 Å². The summed E-state index contributed by atoms with van der Waals surface area (Å²) in [6.45, 7) is 1.55. The second-order valence-corrected chi connectivity index (χ2v) is 6.16. The molecule has 0 fully saturated rings. The van der Waals surface area contributed by atoms with E-state index in [1.807, 2.05) is 56.3 Å². The lowest BCUT2D eigenvalue weighted by Crippen LogP contribution is -2.14. The van der Waals surface area contributed by atoms with Gasteiger partial charge < -0.3 is 19.5 Å². The van der Waals surface area contributed by atoms with Crippen molar-refractivity contribution in [3.8, 4) is 17.3 Å². The average molecular weight is 367 g/mol. The Bertz CT molecular complexity index is 936. The van der Waals surface area contributed by atoms with Gasteiger partial charge in [-0.2, -0.15) is 5.10 Å². The summed E-state index contributed by atoms with van der Waals surface area (Å²) in [4.78, 5) is 14.1.